The zero-order chi connectivity index (χ0) is 29.8. The molecule has 5 rings (SSSR count). The Bertz CT molecular complexity index is 1360. The van der Waals surface area contributed by atoms with Crippen LogP contribution in [0.3, 0.4) is 0 Å². The van der Waals surface area contributed by atoms with Crippen LogP contribution in [0, 0.1) is 11.7 Å². The van der Waals surface area contributed by atoms with Gasteiger partial charge in [-0.15, -0.1) is 0 Å². The van der Waals surface area contributed by atoms with E-state index in [-0.39, 0.29) is 42.3 Å². The molecule has 9 nitrogen and oxygen atoms in total. The van der Waals surface area contributed by atoms with Crippen LogP contribution in [-0.4, -0.2) is 76.7 Å². The summed E-state index contributed by atoms with van der Waals surface area (Å²) in [6.07, 6.45) is 7.70. The van der Waals surface area contributed by atoms with Gasteiger partial charge in [-0.25, -0.2) is 4.39 Å². The molecule has 0 unspecified atom stereocenters. The van der Waals surface area contributed by atoms with Crippen LogP contribution in [0.25, 0.3) is 0 Å². The maximum atomic E-state index is 14.8. The normalized spacial score (nSPS) is 22.2. The van der Waals surface area contributed by atoms with Crippen LogP contribution in [0.5, 0.6) is 0 Å². The van der Waals surface area contributed by atoms with Gasteiger partial charge in [-0.3, -0.25) is 24.2 Å². The second-order valence-electron chi connectivity index (χ2n) is 12.0. The van der Waals surface area contributed by atoms with Crippen LogP contribution in [0.2, 0.25) is 0 Å². The molecule has 1 aliphatic carbocycles. The predicted octanol–water partition coefficient (Wildman–Crippen LogP) is 3.05. The van der Waals surface area contributed by atoms with Gasteiger partial charge < -0.3 is 20.4 Å². The molecule has 3 aliphatic rings. The molecule has 2 aromatic rings. The Kier molecular flexibility index (Phi) is 9.18. The van der Waals surface area contributed by atoms with Crippen molar-refractivity contribution in [3.8, 4) is 0 Å². The number of amides is 4. The summed E-state index contributed by atoms with van der Waals surface area (Å²) in [5, 5.41) is 5.95. The highest BCUT2D eigenvalue weighted by Crippen LogP contribution is 2.24. The Morgan fingerprint density at radius 3 is 2.67 bits per heavy atom. The lowest BCUT2D eigenvalue weighted by Crippen LogP contribution is -2.54. The fourth-order valence-electron chi connectivity index (χ4n) is 6.12. The molecule has 2 N–H and O–H groups in total. The summed E-state index contributed by atoms with van der Waals surface area (Å²) in [6, 6.07) is 5.14. The summed E-state index contributed by atoms with van der Waals surface area (Å²) < 4.78 is 14.8. The molecule has 42 heavy (non-hydrogen) atoms. The lowest BCUT2D eigenvalue weighted by Gasteiger charge is -2.32. The zero-order valence-corrected chi connectivity index (χ0v) is 24.5. The van der Waals surface area contributed by atoms with E-state index in [1.807, 2.05) is 19.9 Å². The first-order valence-corrected chi connectivity index (χ1v) is 15.1. The number of nitrogens with one attached hydrogen (secondary N) is 2. The number of carbonyl (C=O) groups is 4. The highest BCUT2D eigenvalue weighted by Gasteiger charge is 2.37. The Labute approximate surface area is 246 Å². The van der Waals surface area contributed by atoms with Crippen molar-refractivity contribution >= 4 is 23.6 Å². The Hall–Kier alpha value is -3.82. The van der Waals surface area contributed by atoms with Crippen LogP contribution in [0.1, 0.15) is 83.5 Å². The van der Waals surface area contributed by atoms with Gasteiger partial charge in [0.15, 0.2) is 0 Å². The van der Waals surface area contributed by atoms with Crippen molar-refractivity contribution in [2.75, 3.05) is 26.2 Å². The Morgan fingerprint density at radius 2 is 1.86 bits per heavy atom. The first-order valence-electron chi connectivity index (χ1n) is 15.1. The average Bonchev–Trinajstić information content (AvgIpc) is 3.48. The highest BCUT2D eigenvalue weighted by molar-refractivity contribution is 5.99. The molecule has 1 fully saturated rings. The standard InChI is InChI=1S/C32H40FN5O4/c1-20(2)27-18-37(31(41)23-16-22-8-3-4-9-26(22)35-17-23)19-29(39)34-13-5-7-21-11-12-25(33)24(15-21)32(42)38-14-6-10-28(38)30(40)36-27/h11-12,15-17,20,27-28H,3-10,13-14,18-19H2,1-2H3,(H,34,39)(H,36,40)/t27-,28-/m0/s1. The first kappa shape index (κ1) is 29.7. The number of fused-ring (bicyclic) bond motifs is 4. The summed E-state index contributed by atoms with van der Waals surface area (Å²) in [6.45, 7) is 4.55. The molecule has 4 amide bonds. The van der Waals surface area contributed by atoms with Gasteiger partial charge in [0.05, 0.1) is 17.7 Å². The number of hydrogen-bond acceptors (Lipinski definition) is 5. The average molecular weight is 578 g/mol. The van der Waals surface area contributed by atoms with E-state index in [1.54, 1.807) is 18.3 Å². The second-order valence-corrected chi connectivity index (χ2v) is 12.0. The van der Waals surface area contributed by atoms with E-state index in [0.29, 0.717) is 44.3 Å². The smallest absolute Gasteiger partial charge is 0.257 e. The Morgan fingerprint density at radius 1 is 1.05 bits per heavy atom. The third-order valence-corrected chi connectivity index (χ3v) is 8.63. The molecule has 2 atom stereocenters. The predicted molar refractivity (Wildman–Crippen MR) is 155 cm³/mol. The third kappa shape index (κ3) is 6.63. The molecular formula is C32H40FN5O4. The topological polar surface area (TPSA) is 112 Å². The van der Waals surface area contributed by atoms with Gasteiger partial charge in [-0.1, -0.05) is 19.9 Å². The molecule has 1 saturated heterocycles. The van der Waals surface area contributed by atoms with E-state index in [2.05, 4.69) is 15.6 Å². The molecule has 0 spiro atoms. The molecule has 224 valence electrons. The van der Waals surface area contributed by atoms with Gasteiger partial charge in [-0.2, -0.15) is 0 Å². The second kappa shape index (κ2) is 13.0. The fraction of sp³-hybridized carbons (Fsp3) is 0.531. The van der Waals surface area contributed by atoms with Gasteiger partial charge in [-0.05, 0) is 86.6 Å². The van der Waals surface area contributed by atoms with E-state index in [0.717, 1.165) is 42.5 Å². The van der Waals surface area contributed by atoms with Gasteiger partial charge >= 0.3 is 0 Å². The fourth-order valence-corrected chi connectivity index (χ4v) is 6.12. The van der Waals surface area contributed by atoms with Crippen molar-refractivity contribution in [2.45, 2.75) is 77.3 Å². The molecule has 10 heteroatoms. The van der Waals surface area contributed by atoms with Gasteiger partial charge in [0.25, 0.3) is 11.8 Å². The number of aromatic nitrogens is 1. The van der Waals surface area contributed by atoms with Crippen LogP contribution < -0.4 is 10.6 Å². The summed E-state index contributed by atoms with van der Waals surface area (Å²) in [5.74, 6) is -2.14. The quantitative estimate of drug-likeness (QED) is 0.570. The monoisotopic (exact) mass is 577 g/mol. The SMILES string of the molecule is CC(C)[C@@H]1CN(C(=O)c2cnc3c(c2)CCCC3)CC(=O)NCCCc2ccc(F)c(c2)C(=O)N2CCC[C@H]2C(=O)N1. The van der Waals surface area contributed by atoms with Gasteiger partial charge in [0.1, 0.15) is 11.9 Å². The summed E-state index contributed by atoms with van der Waals surface area (Å²) in [4.78, 5) is 61.4. The molecule has 1 aromatic heterocycles. The van der Waals surface area contributed by atoms with Gasteiger partial charge in [0.2, 0.25) is 11.8 Å². The van der Waals surface area contributed by atoms with Crippen molar-refractivity contribution < 1.29 is 23.6 Å². The van der Waals surface area contributed by atoms with Gasteiger partial charge in [0, 0.05) is 37.6 Å². The minimum absolute atomic E-state index is 0.0450. The minimum atomic E-state index is -0.741. The van der Waals surface area contributed by atoms with Crippen LogP contribution >= 0.6 is 0 Å². The number of nitrogens with zero attached hydrogens (tertiary/aromatic N) is 3. The van der Waals surface area contributed by atoms with Crippen molar-refractivity contribution in [2.24, 2.45) is 5.92 Å². The van der Waals surface area contributed by atoms with E-state index >= 15 is 0 Å². The van der Waals surface area contributed by atoms with Crippen molar-refractivity contribution in [3.63, 3.8) is 0 Å². The van der Waals surface area contributed by atoms with E-state index in [4.69, 9.17) is 0 Å². The van der Waals surface area contributed by atoms with Crippen LogP contribution in [-0.2, 0) is 28.9 Å². The summed E-state index contributed by atoms with van der Waals surface area (Å²) in [5.41, 5.74) is 3.25. The maximum absolute atomic E-state index is 14.8. The molecule has 2 bridgehead atoms. The van der Waals surface area contributed by atoms with Crippen molar-refractivity contribution in [1.29, 1.82) is 0 Å². The molecule has 3 heterocycles. The van der Waals surface area contributed by atoms with Crippen LogP contribution in [0.15, 0.2) is 30.5 Å². The minimum Gasteiger partial charge on any atom is -0.355 e. The van der Waals surface area contributed by atoms with Crippen molar-refractivity contribution in [3.05, 3.63) is 64.2 Å². The van der Waals surface area contributed by atoms with Crippen LogP contribution in [0.4, 0.5) is 4.39 Å². The number of hydrogen-bond donors (Lipinski definition) is 2. The number of rotatable bonds is 2. The number of halogens is 1. The Balaban J connectivity index is 1.44. The van der Waals surface area contributed by atoms with E-state index in [1.165, 1.54) is 15.9 Å². The summed E-state index contributed by atoms with van der Waals surface area (Å²) >= 11 is 0. The molecule has 0 radical (unpaired) electrons. The highest BCUT2D eigenvalue weighted by atomic mass is 19.1. The van der Waals surface area contributed by atoms with Crippen molar-refractivity contribution in [1.82, 2.24) is 25.4 Å². The number of benzene rings is 1. The number of pyridine rings is 1. The molecular weight excluding hydrogens is 537 g/mol. The van der Waals surface area contributed by atoms with E-state index < -0.39 is 23.8 Å². The number of carbonyl (C=O) groups excluding carboxylic acids is 4. The van der Waals surface area contributed by atoms with E-state index in [9.17, 15) is 23.6 Å². The lowest BCUT2D eigenvalue weighted by molar-refractivity contribution is -0.126. The lowest BCUT2D eigenvalue weighted by atomic mass is 9.95. The zero-order valence-electron chi connectivity index (χ0n) is 24.5. The third-order valence-electron chi connectivity index (χ3n) is 8.63. The molecule has 1 aromatic carbocycles. The maximum Gasteiger partial charge on any atom is 0.257 e. The molecule has 2 aliphatic heterocycles. The molecule has 0 saturated carbocycles. The first-order chi connectivity index (χ1) is 20.2. The number of aryl methyl sites for hydroxylation is 3. The summed E-state index contributed by atoms with van der Waals surface area (Å²) in [7, 11) is 0. The largest absolute Gasteiger partial charge is 0.355 e.